The van der Waals surface area contributed by atoms with E-state index in [4.69, 9.17) is 17.0 Å². The lowest BCUT2D eigenvalue weighted by molar-refractivity contribution is -0.115. The highest BCUT2D eigenvalue weighted by molar-refractivity contribution is 8.26. The van der Waals surface area contributed by atoms with Crippen molar-refractivity contribution in [3.8, 4) is 5.75 Å². The third-order valence-electron chi connectivity index (χ3n) is 3.15. The first kappa shape index (κ1) is 14.1. The number of ether oxygens (including phenoxy) is 1. The molecule has 2 aromatic rings. The van der Waals surface area contributed by atoms with Gasteiger partial charge in [0.25, 0.3) is 5.91 Å². The van der Waals surface area contributed by atoms with Crippen molar-refractivity contribution in [3.63, 3.8) is 0 Å². The topological polar surface area (TPSA) is 38.3 Å². The molecule has 1 fully saturated rings. The van der Waals surface area contributed by atoms with E-state index in [9.17, 15) is 4.79 Å². The Labute approximate surface area is 132 Å². The second-order valence-corrected chi connectivity index (χ2v) is 6.20. The average Bonchev–Trinajstić information content (AvgIpc) is 2.79. The van der Waals surface area contributed by atoms with Crippen LogP contribution in [0.4, 0.5) is 0 Å². The van der Waals surface area contributed by atoms with E-state index in [1.807, 2.05) is 49.4 Å². The summed E-state index contributed by atoms with van der Waals surface area (Å²) in [4.78, 5) is 12.5. The number of hydrogen-bond donors (Lipinski definition) is 1. The molecule has 0 saturated carbocycles. The summed E-state index contributed by atoms with van der Waals surface area (Å²) in [5, 5.41) is 4.80. The summed E-state index contributed by atoms with van der Waals surface area (Å²) in [7, 11) is 0. The van der Waals surface area contributed by atoms with Gasteiger partial charge in [-0.25, -0.2) is 0 Å². The predicted octanol–water partition coefficient (Wildman–Crippen LogP) is 3.73. The highest BCUT2D eigenvalue weighted by Gasteiger charge is 2.23. The number of carbonyl (C=O) groups excluding carboxylic acids is 1. The van der Waals surface area contributed by atoms with Crippen molar-refractivity contribution in [1.29, 1.82) is 0 Å². The molecule has 2 aromatic carbocycles. The first-order chi connectivity index (χ1) is 10.2. The number of hydrogen-bond acceptors (Lipinski definition) is 4. The van der Waals surface area contributed by atoms with Crippen LogP contribution in [0.25, 0.3) is 16.8 Å². The Kier molecular flexibility index (Phi) is 3.94. The zero-order valence-electron chi connectivity index (χ0n) is 11.4. The summed E-state index contributed by atoms with van der Waals surface area (Å²) in [6.07, 6.45) is 1.85. The van der Waals surface area contributed by atoms with Crippen molar-refractivity contribution in [2.45, 2.75) is 6.92 Å². The SMILES string of the molecule is CCOc1ccc2ccccc2c1/C=C1\SC(=S)NC1=O. The molecule has 0 unspecified atom stereocenters. The molecule has 1 N–H and O–H groups in total. The third kappa shape index (κ3) is 2.80. The molecule has 0 aliphatic carbocycles. The van der Waals surface area contributed by atoms with Gasteiger partial charge in [-0.1, -0.05) is 54.3 Å². The van der Waals surface area contributed by atoms with Gasteiger partial charge < -0.3 is 10.1 Å². The summed E-state index contributed by atoms with van der Waals surface area (Å²) in [5.74, 6) is 0.621. The maximum Gasteiger partial charge on any atom is 0.263 e. The fourth-order valence-electron chi connectivity index (χ4n) is 2.26. The van der Waals surface area contributed by atoms with Crippen molar-refractivity contribution in [2.75, 3.05) is 6.61 Å². The van der Waals surface area contributed by atoms with Gasteiger partial charge in [0.15, 0.2) is 0 Å². The molecule has 5 heteroatoms. The van der Waals surface area contributed by atoms with E-state index in [1.165, 1.54) is 11.8 Å². The number of nitrogens with one attached hydrogen (secondary N) is 1. The highest BCUT2D eigenvalue weighted by Crippen LogP contribution is 2.34. The van der Waals surface area contributed by atoms with Gasteiger partial charge in [0.2, 0.25) is 0 Å². The summed E-state index contributed by atoms with van der Waals surface area (Å²) in [6, 6.07) is 12.0. The van der Waals surface area contributed by atoms with Crippen LogP contribution >= 0.6 is 24.0 Å². The Hall–Kier alpha value is -1.85. The van der Waals surface area contributed by atoms with Crippen LogP contribution in [0, 0.1) is 0 Å². The fourth-order valence-corrected chi connectivity index (χ4v) is 3.28. The van der Waals surface area contributed by atoms with Crippen molar-refractivity contribution in [2.24, 2.45) is 0 Å². The number of carbonyl (C=O) groups is 1. The minimum absolute atomic E-state index is 0.152. The molecule has 1 aliphatic heterocycles. The molecule has 0 atom stereocenters. The number of amides is 1. The van der Waals surface area contributed by atoms with E-state index in [2.05, 4.69) is 5.32 Å². The normalized spacial score (nSPS) is 16.5. The Morgan fingerprint density at radius 3 is 2.81 bits per heavy atom. The molecular formula is C16H13NO2S2. The molecule has 0 radical (unpaired) electrons. The first-order valence-electron chi connectivity index (χ1n) is 6.58. The molecule has 1 saturated heterocycles. The molecule has 1 amide bonds. The molecule has 0 aromatic heterocycles. The summed E-state index contributed by atoms with van der Waals surface area (Å²) in [5.41, 5.74) is 0.914. The fraction of sp³-hybridized carbons (Fsp3) is 0.125. The largest absolute Gasteiger partial charge is 0.493 e. The molecule has 3 rings (SSSR count). The zero-order chi connectivity index (χ0) is 14.8. The smallest absolute Gasteiger partial charge is 0.263 e. The summed E-state index contributed by atoms with van der Waals surface area (Å²) in [6.45, 7) is 2.52. The summed E-state index contributed by atoms with van der Waals surface area (Å²) < 4.78 is 6.19. The van der Waals surface area contributed by atoms with Crippen molar-refractivity contribution in [1.82, 2.24) is 5.32 Å². The van der Waals surface area contributed by atoms with Gasteiger partial charge in [-0.15, -0.1) is 0 Å². The van der Waals surface area contributed by atoms with Crippen molar-refractivity contribution >= 4 is 51.1 Å². The van der Waals surface area contributed by atoms with Crippen LogP contribution < -0.4 is 10.1 Å². The molecule has 3 nitrogen and oxygen atoms in total. The van der Waals surface area contributed by atoms with Gasteiger partial charge in [-0.2, -0.15) is 0 Å². The van der Waals surface area contributed by atoms with E-state index in [0.717, 1.165) is 22.1 Å². The minimum Gasteiger partial charge on any atom is -0.493 e. The maximum absolute atomic E-state index is 11.9. The summed E-state index contributed by atoms with van der Waals surface area (Å²) >= 11 is 6.31. The highest BCUT2D eigenvalue weighted by atomic mass is 32.2. The number of benzene rings is 2. The van der Waals surface area contributed by atoms with Gasteiger partial charge in [-0.3, -0.25) is 4.79 Å². The lowest BCUT2D eigenvalue weighted by Crippen LogP contribution is -2.17. The van der Waals surface area contributed by atoms with Gasteiger partial charge >= 0.3 is 0 Å². The second-order valence-electron chi connectivity index (χ2n) is 4.48. The maximum atomic E-state index is 11.9. The molecule has 0 spiro atoms. The number of thioether (sulfide) groups is 1. The number of fused-ring (bicyclic) bond motifs is 1. The van der Waals surface area contributed by atoms with E-state index in [-0.39, 0.29) is 5.91 Å². The lowest BCUT2D eigenvalue weighted by Gasteiger charge is -2.11. The number of thiocarbonyl (C=S) groups is 1. The van der Waals surface area contributed by atoms with Crippen LogP contribution in [0.2, 0.25) is 0 Å². The van der Waals surface area contributed by atoms with E-state index in [0.29, 0.717) is 15.8 Å². The van der Waals surface area contributed by atoms with Crippen LogP contribution in [0.15, 0.2) is 41.3 Å². The third-order valence-corrected chi connectivity index (χ3v) is 4.31. The lowest BCUT2D eigenvalue weighted by atomic mass is 10.0. The van der Waals surface area contributed by atoms with Gasteiger partial charge in [0.1, 0.15) is 10.1 Å². The van der Waals surface area contributed by atoms with Crippen LogP contribution in [0.5, 0.6) is 5.75 Å². The van der Waals surface area contributed by atoms with Crippen LogP contribution in [-0.2, 0) is 4.79 Å². The second kappa shape index (κ2) is 5.87. The van der Waals surface area contributed by atoms with Crippen LogP contribution in [0.1, 0.15) is 12.5 Å². The minimum atomic E-state index is -0.152. The molecule has 21 heavy (non-hydrogen) atoms. The zero-order valence-corrected chi connectivity index (χ0v) is 13.0. The molecule has 1 aliphatic rings. The molecule has 0 bridgehead atoms. The van der Waals surface area contributed by atoms with E-state index in [1.54, 1.807) is 0 Å². The molecule has 1 heterocycles. The quantitative estimate of drug-likeness (QED) is 0.692. The van der Waals surface area contributed by atoms with Crippen LogP contribution in [0.3, 0.4) is 0 Å². The van der Waals surface area contributed by atoms with E-state index < -0.39 is 0 Å². The van der Waals surface area contributed by atoms with Crippen LogP contribution in [-0.4, -0.2) is 16.8 Å². The van der Waals surface area contributed by atoms with Gasteiger partial charge in [0, 0.05) is 5.56 Å². The number of rotatable bonds is 3. The Bertz CT molecular complexity index is 768. The molecular weight excluding hydrogens is 302 g/mol. The predicted molar refractivity (Wildman–Crippen MR) is 91.4 cm³/mol. The standard InChI is InChI=1S/C16H13NO2S2/c1-2-19-13-8-7-10-5-3-4-6-11(10)12(13)9-14-15(18)17-16(20)21-14/h3-9H,2H2,1H3,(H,17,18,20)/b14-9-. The molecule has 106 valence electrons. The van der Waals surface area contributed by atoms with Gasteiger partial charge in [0.05, 0.1) is 11.5 Å². The van der Waals surface area contributed by atoms with Gasteiger partial charge in [-0.05, 0) is 29.8 Å². The average molecular weight is 315 g/mol. The van der Waals surface area contributed by atoms with Crippen molar-refractivity contribution in [3.05, 3.63) is 46.9 Å². The first-order valence-corrected chi connectivity index (χ1v) is 7.81. The van der Waals surface area contributed by atoms with Crippen molar-refractivity contribution < 1.29 is 9.53 Å². The van der Waals surface area contributed by atoms with E-state index >= 15 is 0 Å². The Morgan fingerprint density at radius 1 is 1.29 bits per heavy atom. The Balaban J connectivity index is 2.19. The Morgan fingerprint density at radius 2 is 2.10 bits per heavy atom. The monoisotopic (exact) mass is 315 g/mol.